The Balaban J connectivity index is 0.000000200. The van der Waals surface area contributed by atoms with Crippen LogP contribution in [0.25, 0.3) is 0 Å². The van der Waals surface area contributed by atoms with Gasteiger partial charge in [-0.1, -0.05) is 13.3 Å². The molecule has 0 atom stereocenters. The fourth-order valence-corrected chi connectivity index (χ4v) is 3.80. The van der Waals surface area contributed by atoms with Gasteiger partial charge in [-0.2, -0.15) is 0 Å². The quantitative estimate of drug-likeness (QED) is 0.816. The van der Waals surface area contributed by atoms with Gasteiger partial charge in [0.1, 0.15) is 0 Å². The minimum atomic E-state index is -2.67. The summed E-state index contributed by atoms with van der Waals surface area (Å²) < 4.78 is 21.8. The second-order valence-electron chi connectivity index (χ2n) is 5.59. The maximum absolute atomic E-state index is 10.9. The van der Waals surface area contributed by atoms with Gasteiger partial charge in [-0.25, -0.2) is 8.42 Å². The standard InChI is InChI=1S/C8H18N2.C6H13NO2S/c1-9-5-8-10-6-3-2-4-7-10;1-2-7-3-5-10(8,9)6-4-7/h9H,2-8H2,1H3;2-6H2,1H3. The first-order valence-electron chi connectivity index (χ1n) is 7.87. The summed E-state index contributed by atoms with van der Waals surface area (Å²) in [4.78, 5) is 4.70. The number of likely N-dealkylation sites (tertiary alicyclic amines) is 1. The molecule has 5 nitrogen and oxygen atoms in total. The Kier molecular flexibility index (Phi) is 8.68. The van der Waals surface area contributed by atoms with Crippen LogP contribution in [0.1, 0.15) is 26.2 Å². The third-order valence-corrected chi connectivity index (χ3v) is 5.62. The van der Waals surface area contributed by atoms with E-state index in [1.165, 1.54) is 38.9 Å². The van der Waals surface area contributed by atoms with Crippen LogP contribution in [-0.4, -0.2) is 82.6 Å². The van der Waals surface area contributed by atoms with Crippen LogP contribution in [0.5, 0.6) is 0 Å². The third kappa shape index (κ3) is 7.57. The average Bonchev–Trinajstić information content (AvgIpc) is 2.47. The molecule has 0 unspecified atom stereocenters. The fourth-order valence-electron chi connectivity index (χ4n) is 2.52. The van der Waals surface area contributed by atoms with Gasteiger partial charge in [-0.3, -0.25) is 0 Å². The molecule has 120 valence electrons. The molecular weight excluding hydrogens is 274 g/mol. The van der Waals surface area contributed by atoms with Crippen molar-refractivity contribution in [2.45, 2.75) is 26.2 Å². The molecule has 0 aromatic heterocycles. The second-order valence-corrected chi connectivity index (χ2v) is 7.90. The Labute approximate surface area is 124 Å². The van der Waals surface area contributed by atoms with Gasteiger partial charge in [0.15, 0.2) is 9.84 Å². The zero-order valence-corrected chi connectivity index (χ0v) is 13.9. The highest BCUT2D eigenvalue weighted by Crippen LogP contribution is 2.07. The Hall–Kier alpha value is -0.170. The van der Waals surface area contributed by atoms with Gasteiger partial charge in [0.25, 0.3) is 0 Å². The van der Waals surface area contributed by atoms with Crippen molar-refractivity contribution in [3.8, 4) is 0 Å². The van der Waals surface area contributed by atoms with E-state index in [1.54, 1.807) is 0 Å². The third-order valence-electron chi connectivity index (χ3n) is 4.01. The van der Waals surface area contributed by atoms with Gasteiger partial charge >= 0.3 is 0 Å². The Bertz CT molecular complexity index is 326. The van der Waals surface area contributed by atoms with E-state index in [0.29, 0.717) is 11.5 Å². The zero-order chi connectivity index (χ0) is 14.8. The molecule has 0 bridgehead atoms. The van der Waals surface area contributed by atoms with Crippen LogP contribution in [0.3, 0.4) is 0 Å². The number of nitrogens with zero attached hydrogens (tertiary/aromatic N) is 2. The van der Waals surface area contributed by atoms with Crippen LogP contribution >= 0.6 is 0 Å². The lowest BCUT2D eigenvalue weighted by molar-refractivity contribution is 0.231. The normalized spacial score (nSPS) is 23.9. The van der Waals surface area contributed by atoms with Crippen molar-refractivity contribution >= 4 is 9.84 Å². The molecule has 2 aliphatic heterocycles. The van der Waals surface area contributed by atoms with Crippen LogP contribution in [-0.2, 0) is 9.84 Å². The first kappa shape index (κ1) is 17.9. The molecule has 0 radical (unpaired) electrons. The summed E-state index contributed by atoms with van der Waals surface area (Å²) in [6, 6.07) is 0. The number of nitrogens with one attached hydrogen (secondary N) is 1. The lowest BCUT2D eigenvalue weighted by atomic mass is 10.1. The van der Waals surface area contributed by atoms with Crippen LogP contribution in [0, 0.1) is 0 Å². The van der Waals surface area contributed by atoms with Crippen molar-refractivity contribution in [2.75, 3.05) is 64.4 Å². The number of rotatable bonds is 4. The van der Waals surface area contributed by atoms with Crippen LogP contribution in [0.2, 0.25) is 0 Å². The smallest absolute Gasteiger partial charge is 0.152 e. The molecule has 0 amide bonds. The minimum Gasteiger partial charge on any atom is -0.318 e. The lowest BCUT2D eigenvalue weighted by Gasteiger charge is -2.25. The van der Waals surface area contributed by atoms with E-state index in [2.05, 4.69) is 22.0 Å². The molecule has 2 heterocycles. The number of sulfone groups is 1. The predicted octanol–water partition coefficient (Wildman–Crippen LogP) is 0.428. The Morgan fingerprint density at radius 3 is 2.05 bits per heavy atom. The van der Waals surface area contributed by atoms with E-state index < -0.39 is 9.84 Å². The molecule has 6 heteroatoms. The lowest BCUT2D eigenvalue weighted by Crippen LogP contribution is -2.39. The Morgan fingerprint density at radius 2 is 1.55 bits per heavy atom. The first-order chi connectivity index (χ1) is 9.57. The summed E-state index contributed by atoms with van der Waals surface area (Å²) in [5.74, 6) is 0.696. The molecule has 0 spiro atoms. The topological polar surface area (TPSA) is 52.7 Å². The summed E-state index contributed by atoms with van der Waals surface area (Å²) in [5, 5.41) is 3.17. The van der Waals surface area contributed by atoms with Gasteiger partial charge in [0.05, 0.1) is 11.5 Å². The highest BCUT2D eigenvalue weighted by molar-refractivity contribution is 7.91. The number of likely N-dealkylation sites (N-methyl/N-ethyl adjacent to an activating group) is 1. The Morgan fingerprint density at radius 1 is 0.950 bits per heavy atom. The van der Waals surface area contributed by atoms with Crippen LogP contribution in [0.4, 0.5) is 0 Å². The summed E-state index contributed by atoms with van der Waals surface area (Å²) in [6.45, 7) is 9.48. The summed E-state index contributed by atoms with van der Waals surface area (Å²) in [7, 11) is -0.650. The summed E-state index contributed by atoms with van der Waals surface area (Å²) in [5.41, 5.74) is 0. The van der Waals surface area contributed by atoms with E-state index >= 15 is 0 Å². The number of piperidine rings is 1. The molecule has 2 saturated heterocycles. The molecule has 1 N–H and O–H groups in total. The highest BCUT2D eigenvalue weighted by atomic mass is 32.2. The second kappa shape index (κ2) is 9.71. The van der Waals surface area contributed by atoms with E-state index in [4.69, 9.17) is 0 Å². The first-order valence-corrected chi connectivity index (χ1v) is 9.69. The average molecular weight is 305 g/mol. The number of hydrogen-bond donors (Lipinski definition) is 1. The summed E-state index contributed by atoms with van der Waals surface area (Å²) >= 11 is 0. The molecular formula is C14H31N3O2S. The van der Waals surface area contributed by atoms with Crippen LogP contribution < -0.4 is 5.32 Å². The van der Waals surface area contributed by atoms with Gasteiger partial charge in [-0.15, -0.1) is 0 Å². The van der Waals surface area contributed by atoms with Crippen molar-refractivity contribution in [3.05, 3.63) is 0 Å². The van der Waals surface area contributed by atoms with Gasteiger partial charge in [0.2, 0.25) is 0 Å². The SMILES string of the molecule is CCN1CCS(=O)(=O)CC1.CNCCN1CCCCC1. The van der Waals surface area contributed by atoms with Crippen molar-refractivity contribution in [3.63, 3.8) is 0 Å². The van der Waals surface area contributed by atoms with Crippen molar-refractivity contribution in [1.29, 1.82) is 0 Å². The molecule has 0 saturated carbocycles. The van der Waals surface area contributed by atoms with E-state index in [-0.39, 0.29) is 0 Å². The maximum atomic E-state index is 10.9. The minimum absolute atomic E-state index is 0.348. The largest absolute Gasteiger partial charge is 0.318 e. The highest BCUT2D eigenvalue weighted by Gasteiger charge is 2.19. The zero-order valence-electron chi connectivity index (χ0n) is 13.1. The molecule has 20 heavy (non-hydrogen) atoms. The molecule has 2 fully saturated rings. The summed E-state index contributed by atoms with van der Waals surface area (Å²) in [6.07, 6.45) is 4.25. The van der Waals surface area contributed by atoms with E-state index in [0.717, 1.165) is 26.2 Å². The fraction of sp³-hybridized carbons (Fsp3) is 1.00. The van der Waals surface area contributed by atoms with Crippen LogP contribution in [0.15, 0.2) is 0 Å². The predicted molar refractivity (Wildman–Crippen MR) is 85.0 cm³/mol. The van der Waals surface area contributed by atoms with Gasteiger partial charge in [-0.05, 0) is 39.5 Å². The van der Waals surface area contributed by atoms with E-state index in [9.17, 15) is 8.42 Å². The van der Waals surface area contributed by atoms with E-state index in [1.807, 2.05) is 7.05 Å². The molecule has 0 aromatic rings. The van der Waals surface area contributed by atoms with Gasteiger partial charge in [0, 0.05) is 26.2 Å². The molecule has 0 aromatic carbocycles. The van der Waals surface area contributed by atoms with Gasteiger partial charge < -0.3 is 15.1 Å². The van der Waals surface area contributed by atoms with Crippen molar-refractivity contribution in [2.24, 2.45) is 0 Å². The van der Waals surface area contributed by atoms with Crippen molar-refractivity contribution < 1.29 is 8.42 Å². The molecule has 2 rings (SSSR count). The molecule has 2 aliphatic rings. The number of hydrogen-bond acceptors (Lipinski definition) is 5. The molecule has 0 aliphatic carbocycles. The van der Waals surface area contributed by atoms with Crippen molar-refractivity contribution in [1.82, 2.24) is 15.1 Å². The monoisotopic (exact) mass is 305 g/mol. The maximum Gasteiger partial charge on any atom is 0.152 e.